The SMILES string of the molecule is c1c[nH]c(C2(c3ncc[nH]3)COC(c3ccc[nH]3)(c3cccs3)C2(c2ccn[nH]2)c2ccco2)c1. The van der Waals surface area contributed by atoms with Gasteiger partial charge >= 0.3 is 0 Å². The lowest BCUT2D eigenvalue weighted by atomic mass is 9.52. The minimum Gasteiger partial charge on any atom is -0.468 e. The normalized spacial score (nSPS) is 26.4. The van der Waals surface area contributed by atoms with Crippen LogP contribution in [0.25, 0.3) is 0 Å². The molecule has 7 heterocycles. The number of hydrogen-bond donors (Lipinski definition) is 4. The van der Waals surface area contributed by atoms with Crippen LogP contribution >= 0.6 is 11.3 Å². The fourth-order valence-electron chi connectivity index (χ4n) is 6.07. The van der Waals surface area contributed by atoms with Crippen LogP contribution in [0.4, 0.5) is 0 Å². The molecule has 9 heteroatoms. The summed E-state index contributed by atoms with van der Waals surface area (Å²) in [5.41, 5.74) is -0.140. The fourth-order valence-corrected chi connectivity index (χ4v) is 7.02. The minimum absolute atomic E-state index is 0.317. The highest BCUT2D eigenvalue weighted by Gasteiger charge is 2.77. The lowest BCUT2D eigenvalue weighted by Crippen LogP contribution is -2.59. The number of nitrogens with zero attached hydrogens (tertiary/aromatic N) is 2. The van der Waals surface area contributed by atoms with E-state index < -0.39 is 16.4 Å². The van der Waals surface area contributed by atoms with Crippen molar-refractivity contribution in [3.63, 3.8) is 0 Å². The van der Waals surface area contributed by atoms with Gasteiger partial charge in [-0.25, -0.2) is 4.98 Å². The summed E-state index contributed by atoms with van der Waals surface area (Å²) in [5, 5.41) is 9.79. The second-order valence-corrected chi connectivity index (χ2v) is 9.60. The van der Waals surface area contributed by atoms with Crippen molar-refractivity contribution in [1.82, 2.24) is 30.1 Å². The number of thiophene rings is 1. The second-order valence-electron chi connectivity index (χ2n) is 8.66. The van der Waals surface area contributed by atoms with Crippen molar-refractivity contribution in [2.75, 3.05) is 6.61 Å². The van der Waals surface area contributed by atoms with E-state index in [2.05, 4.69) is 54.8 Å². The molecule has 0 aromatic carbocycles. The number of H-pyrrole nitrogens is 4. The molecule has 0 saturated carbocycles. The molecule has 0 radical (unpaired) electrons. The minimum atomic E-state index is -1.01. The highest BCUT2D eigenvalue weighted by Crippen LogP contribution is 2.68. The van der Waals surface area contributed by atoms with E-state index in [1.807, 2.05) is 48.9 Å². The Balaban J connectivity index is 1.73. The molecule has 3 unspecified atom stereocenters. The van der Waals surface area contributed by atoms with Crippen LogP contribution in [0.3, 0.4) is 0 Å². The Morgan fingerprint density at radius 3 is 2.34 bits per heavy atom. The molecule has 7 rings (SSSR count). The second kappa shape index (κ2) is 7.46. The van der Waals surface area contributed by atoms with Crippen LogP contribution in [-0.4, -0.2) is 36.7 Å². The van der Waals surface area contributed by atoms with Gasteiger partial charge in [-0.15, -0.1) is 11.3 Å². The molecule has 6 aromatic heterocycles. The molecular formula is C26H22N6O2S. The molecular weight excluding hydrogens is 460 g/mol. The molecule has 0 spiro atoms. The van der Waals surface area contributed by atoms with Gasteiger partial charge in [-0.1, -0.05) is 6.07 Å². The van der Waals surface area contributed by atoms with E-state index in [1.165, 1.54) is 0 Å². The van der Waals surface area contributed by atoms with E-state index in [0.29, 0.717) is 6.61 Å². The predicted molar refractivity (Wildman–Crippen MR) is 130 cm³/mol. The first-order valence-electron chi connectivity index (χ1n) is 11.3. The van der Waals surface area contributed by atoms with Gasteiger partial charge in [0.15, 0.2) is 5.60 Å². The van der Waals surface area contributed by atoms with Crippen molar-refractivity contribution in [2.24, 2.45) is 0 Å². The number of imidazole rings is 1. The average molecular weight is 483 g/mol. The first-order valence-corrected chi connectivity index (χ1v) is 12.2. The highest BCUT2D eigenvalue weighted by atomic mass is 32.1. The van der Waals surface area contributed by atoms with Crippen molar-refractivity contribution < 1.29 is 9.15 Å². The van der Waals surface area contributed by atoms with Gasteiger partial charge in [-0.3, -0.25) is 5.10 Å². The molecule has 35 heavy (non-hydrogen) atoms. The van der Waals surface area contributed by atoms with Crippen LogP contribution < -0.4 is 0 Å². The third-order valence-corrected chi connectivity index (χ3v) is 8.25. The molecule has 0 amide bonds. The summed E-state index contributed by atoms with van der Waals surface area (Å²) < 4.78 is 13.5. The summed E-state index contributed by atoms with van der Waals surface area (Å²) in [6, 6.07) is 18.3. The van der Waals surface area contributed by atoms with Gasteiger partial charge in [0.25, 0.3) is 0 Å². The summed E-state index contributed by atoms with van der Waals surface area (Å²) in [5.74, 6) is 1.49. The van der Waals surface area contributed by atoms with Crippen molar-refractivity contribution in [3.8, 4) is 0 Å². The van der Waals surface area contributed by atoms with E-state index in [1.54, 1.807) is 30.0 Å². The first kappa shape index (κ1) is 20.3. The summed E-state index contributed by atoms with van der Waals surface area (Å²) in [6.45, 7) is 0.317. The summed E-state index contributed by atoms with van der Waals surface area (Å²) in [4.78, 5) is 16.3. The molecule has 1 aliphatic rings. The Labute approximate surface area is 204 Å². The Kier molecular flexibility index (Phi) is 4.33. The van der Waals surface area contributed by atoms with Crippen LogP contribution in [0.5, 0.6) is 0 Å². The Morgan fingerprint density at radius 1 is 0.829 bits per heavy atom. The maximum atomic E-state index is 7.15. The number of hydrogen-bond acceptors (Lipinski definition) is 5. The lowest BCUT2D eigenvalue weighted by molar-refractivity contribution is 0.000479. The summed E-state index contributed by atoms with van der Waals surface area (Å²) in [6.07, 6.45) is 11.0. The molecule has 3 atom stereocenters. The molecule has 1 aliphatic heterocycles. The van der Waals surface area contributed by atoms with Gasteiger partial charge in [0.1, 0.15) is 22.4 Å². The van der Waals surface area contributed by atoms with E-state index in [9.17, 15) is 0 Å². The predicted octanol–water partition coefficient (Wildman–Crippen LogP) is 4.69. The zero-order valence-electron chi connectivity index (χ0n) is 18.6. The molecule has 8 nitrogen and oxygen atoms in total. The third kappa shape index (κ3) is 2.38. The fraction of sp³-hybridized carbons (Fsp3) is 0.154. The van der Waals surface area contributed by atoms with Crippen LogP contribution in [0, 0.1) is 0 Å². The van der Waals surface area contributed by atoms with Gasteiger partial charge in [-0.05, 0) is 53.9 Å². The van der Waals surface area contributed by atoms with Crippen LogP contribution in [0.1, 0.15) is 33.5 Å². The molecule has 6 aromatic rings. The number of nitrogens with one attached hydrogen (secondary N) is 4. The quantitative estimate of drug-likeness (QED) is 0.276. The third-order valence-electron chi connectivity index (χ3n) is 7.27. The van der Waals surface area contributed by atoms with Gasteiger partial charge in [0, 0.05) is 41.6 Å². The van der Waals surface area contributed by atoms with Crippen LogP contribution in [-0.2, 0) is 21.2 Å². The zero-order valence-corrected chi connectivity index (χ0v) is 19.4. The highest BCUT2D eigenvalue weighted by molar-refractivity contribution is 7.10. The largest absolute Gasteiger partial charge is 0.468 e. The lowest BCUT2D eigenvalue weighted by Gasteiger charge is -2.48. The number of aromatic nitrogens is 6. The maximum Gasteiger partial charge on any atom is 0.161 e. The zero-order chi connectivity index (χ0) is 23.3. The Hall–Kier alpha value is -4.08. The maximum absolute atomic E-state index is 7.15. The van der Waals surface area contributed by atoms with Crippen molar-refractivity contribution in [1.29, 1.82) is 0 Å². The smallest absolute Gasteiger partial charge is 0.161 e. The van der Waals surface area contributed by atoms with Crippen LogP contribution in [0.15, 0.2) is 102 Å². The molecule has 0 bridgehead atoms. The first-order chi connectivity index (χ1) is 17.3. The Bertz CT molecular complexity index is 1300. The van der Waals surface area contributed by atoms with Crippen molar-refractivity contribution >= 4 is 11.3 Å². The average Bonchev–Trinajstić information content (AvgIpc) is 3.71. The van der Waals surface area contributed by atoms with Gasteiger partial charge < -0.3 is 24.1 Å². The van der Waals surface area contributed by atoms with Crippen LogP contribution in [0.2, 0.25) is 0 Å². The Morgan fingerprint density at radius 2 is 1.71 bits per heavy atom. The number of aromatic amines is 4. The van der Waals surface area contributed by atoms with Crippen molar-refractivity contribution in [3.05, 3.63) is 131 Å². The molecule has 4 N–H and O–H groups in total. The molecule has 1 saturated heterocycles. The molecule has 1 fully saturated rings. The molecule has 0 aliphatic carbocycles. The van der Waals surface area contributed by atoms with E-state index in [0.717, 1.165) is 33.5 Å². The standard InChI is InChI=1S/C26H22N6O2S/c1-5-18(27-10-1)24(23-29-13-14-30-23)17-34-26(20-6-2-11-28-20,22-8-4-16-35-22)25(24,19-9-12-31-32-19)21-7-3-15-33-21/h1-16,27-28H,17H2,(H,29,30)(H,31,32). The van der Waals surface area contributed by atoms with E-state index >= 15 is 0 Å². The van der Waals surface area contributed by atoms with Crippen molar-refractivity contribution in [2.45, 2.75) is 16.4 Å². The monoisotopic (exact) mass is 482 g/mol. The van der Waals surface area contributed by atoms with E-state index in [-0.39, 0.29) is 0 Å². The topological polar surface area (TPSA) is 111 Å². The summed E-state index contributed by atoms with van der Waals surface area (Å²) in [7, 11) is 0. The number of ether oxygens (including phenoxy) is 1. The van der Waals surface area contributed by atoms with Gasteiger partial charge in [0.05, 0.1) is 24.3 Å². The molecule has 174 valence electrons. The number of furan rings is 1. The van der Waals surface area contributed by atoms with Gasteiger partial charge in [0.2, 0.25) is 0 Å². The number of rotatable bonds is 6. The van der Waals surface area contributed by atoms with E-state index in [4.69, 9.17) is 14.1 Å². The van der Waals surface area contributed by atoms with Gasteiger partial charge in [-0.2, -0.15) is 5.10 Å². The summed E-state index contributed by atoms with van der Waals surface area (Å²) >= 11 is 1.65.